The van der Waals surface area contributed by atoms with Crippen LogP contribution in [0.2, 0.25) is 0 Å². The standard InChI is InChI=1S/C23H29N3O3S/c1-5-29-18-9-7-17(8-10-18)15-22(27)26(14-6-13-25(2)3)23-24-20-12-11-19(28-4)16-21(20)30-23/h7-12,16H,5-6,13-15H2,1-4H3/p+1. The number of aromatic nitrogens is 1. The van der Waals surface area contributed by atoms with Crippen molar-refractivity contribution in [2.24, 2.45) is 0 Å². The second kappa shape index (κ2) is 10.4. The molecule has 1 aromatic heterocycles. The van der Waals surface area contributed by atoms with Crippen molar-refractivity contribution in [2.45, 2.75) is 19.8 Å². The predicted molar refractivity (Wildman–Crippen MR) is 122 cm³/mol. The number of nitrogens with one attached hydrogen (secondary N) is 1. The van der Waals surface area contributed by atoms with E-state index < -0.39 is 0 Å². The third-order valence-electron chi connectivity index (χ3n) is 4.76. The van der Waals surface area contributed by atoms with Gasteiger partial charge in [0.15, 0.2) is 5.13 Å². The van der Waals surface area contributed by atoms with Crippen molar-refractivity contribution in [3.8, 4) is 11.5 Å². The number of thiazole rings is 1. The van der Waals surface area contributed by atoms with Gasteiger partial charge in [-0.15, -0.1) is 0 Å². The van der Waals surface area contributed by atoms with E-state index in [9.17, 15) is 4.79 Å². The second-order valence-corrected chi connectivity index (χ2v) is 8.45. The first-order valence-corrected chi connectivity index (χ1v) is 11.1. The smallest absolute Gasteiger partial charge is 0.233 e. The van der Waals surface area contributed by atoms with E-state index in [-0.39, 0.29) is 5.91 Å². The van der Waals surface area contributed by atoms with Crippen molar-refractivity contribution in [3.05, 3.63) is 48.0 Å². The molecular weight excluding hydrogens is 398 g/mol. The Morgan fingerprint density at radius 1 is 1.13 bits per heavy atom. The maximum absolute atomic E-state index is 13.2. The van der Waals surface area contributed by atoms with E-state index in [2.05, 4.69) is 14.1 Å². The van der Waals surface area contributed by atoms with Gasteiger partial charge in [0.05, 0.1) is 51.0 Å². The normalized spacial score (nSPS) is 11.1. The molecule has 7 heteroatoms. The van der Waals surface area contributed by atoms with Crippen LogP contribution in [0.4, 0.5) is 5.13 Å². The molecule has 0 saturated heterocycles. The Kier molecular flexibility index (Phi) is 7.65. The third kappa shape index (κ3) is 5.70. The number of rotatable bonds is 10. The lowest BCUT2D eigenvalue weighted by molar-refractivity contribution is -0.858. The molecule has 0 unspecified atom stereocenters. The highest BCUT2D eigenvalue weighted by atomic mass is 32.1. The molecule has 0 aliphatic heterocycles. The maximum atomic E-state index is 13.2. The molecule has 1 amide bonds. The lowest BCUT2D eigenvalue weighted by Gasteiger charge is -2.20. The quantitative estimate of drug-likeness (QED) is 0.540. The summed E-state index contributed by atoms with van der Waals surface area (Å²) in [5.41, 5.74) is 1.85. The van der Waals surface area contributed by atoms with Gasteiger partial charge in [-0.2, -0.15) is 0 Å². The van der Waals surface area contributed by atoms with Crippen molar-refractivity contribution < 1.29 is 19.2 Å². The van der Waals surface area contributed by atoms with Crippen molar-refractivity contribution >= 4 is 32.6 Å². The molecule has 3 aromatic rings. The zero-order valence-corrected chi connectivity index (χ0v) is 18.9. The van der Waals surface area contributed by atoms with E-state index in [1.165, 1.54) is 16.2 Å². The summed E-state index contributed by atoms with van der Waals surface area (Å²) in [6, 6.07) is 13.5. The Bertz CT molecular complexity index is 969. The van der Waals surface area contributed by atoms with Gasteiger partial charge in [0.1, 0.15) is 11.5 Å². The molecular formula is C23H30N3O3S+. The van der Waals surface area contributed by atoms with Crippen LogP contribution in [-0.4, -0.2) is 51.8 Å². The number of methoxy groups -OCH3 is 1. The minimum Gasteiger partial charge on any atom is -0.497 e. The van der Waals surface area contributed by atoms with E-state index >= 15 is 0 Å². The number of hydrogen-bond acceptors (Lipinski definition) is 5. The largest absolute Gasteiger partial charge is 0.497 e. The molecule has 30 heavy (non-hydrogen) atoms. The lowest BCUT2D eigenvalue weighted by atomic mass is 10.1. The zero-order chi connectivity index (χ0) is 21.5. The van der Waals surface area contributed by atoms with Gasteiger partial charge >= 0.3 is 0 Å². The Morgan fingerprint density at radius 3 is 2.53 bits per heavy atom. The minimum absolute atomic E-state index is 0.0546. The molecule has 0 aliphatic rings. The Balaban J connectivity index is 1.81. The number of anilines is 1. The first kappa shape index (κ1) is 22.1. The summed E-state index contributed by atoms with van der Waals surface area (Å²) in [6.07, 6.45) is 1.25. The minimum atomic E-state index is 0.0546. The van der Waals surface area contributed by atoms with Crippen molar-refractivity contribution in [2.75, 3.05) is 45.8 Å². The molecule has 0 fully saturated rings. The molecule has 6 nitrogen and oxygen atoms in total. The summed E-state index contributed by atoms with van der Waals surface area (Å²) in [4.78, 5) is 21.2. The summed E-state index contributed by atoms with van der Waals surface area (Å²) in [5, 5.41) is 0.739. The number of fused-ring (bicyclic) bond motifs is 1. The van der Waals surface area contributed by atoms with Gasteiger partial charge in [-0.3, -0.25) is 9.69 Å². The topological polar surface area (TPSA) is 56.1 Å². The fourth-order valence-corrected chi connectivity index (χ4v) is 4.23. The average molecular weight is 429 g/mol. The van der Waals surface area contributed by atoms with Crippen LogP contribution < -0.4 is 19.3 Å². The molecule has 0 spiro atoms. The van der Waals surface area contributed by atoms with Crippen LogP contribution in [-0.2, 0) is 11.2 Å². The SMILES string of the molecule is CCOc1ccc(CC(=O)N(CCC[NH+](C)C)c2nc3ccc(OC)cc3s2)cc1. The Labute approximate surface area is 182 Å². The number of carbonyl (C=O) groups excluding carboxylic acids is 1. The third-order valence-corrected chi connectivity index (χ3v) is 5.81. The highest BCUT2D eigenvalue weighted by molar-refractivity contribution is 7.22. The number of quaternary nitrogens is 1. The highest BCUT2D eigenvalue weighted by Gasteiger charge is 2.20. The van der Waals surface area contributed by atoms with Crippen LogP contribution in [0.15, 0.2) is 42.5 Å². The summed E-state index contributed by atoms with van der Waals surface area (Å²) in [7, 11) is 5.89. The van der Waals surface area contributed by atoms with Gasteiger partial charge in [0.25, 0.3) is 0 Å². The van der Waals surface area contributed by atoms with Gasteiger partial charge in [-0.1, -0.05) is 23.5 Å². The highest BCUT2D eigenvalue weighted by Crippen LogP contribution is 2.32. The average Bonchev–Trinajstić information content (AvgIpc) is 3.15. The molecule has 2 aromatic carbocycles. The van der Waals surface area contributed by atoms with E-state index in [1.807, 2.05) is 54.3 Å². The first-order valence-electron chi connectivity index (χ1n) is 10.3. The van der Waals surface area contributed by atoms with Crippen molar-refractivity contribution in [1.29, 1.82) is 0 Å². The molecule has 3 rings (SSSR count). The number of ether oxygens (including phenoxy) is 2. The van der Waals surface area contributed by atoms with Gasteiger partial charge < -0.3 is 14.4 Å². The summed E-state index contributed by atoms with van der Waals surface area (Å²) < 4.78 is 11.8. The lowest BCUT2D eigenvalue weighted by Crippen LogP contribution is -3.05. The van der Waals surface area contributed by atoms with E-state index in [1.54, 1.807) is 7.11 Å². The zero-order valence-electron chi connectivity index (χ0n) is 18.1. The fourth-order valence-electron chi connectivity index (χ4n) is 3.19. The fraction of sp³-hybridized carbons (Fsp3) is 0.391. The summed E-state index contributed by atoms with van der Waals surface area (Å²) in [6.45, 7) is 4.23. The monoisotopic (exact) mass is 428 g/mol. The number of nitrogens with zero attached hydrogens (tertiary/aromatic N) is 2. The molecule has 0 aliphatic carbocycles. The molecule has 0 atom stereocenters. The van der Waals surface area contributed by atoms with Crippen LogP contribution in [0.1, 0.15) is 18.9 Å². The maximum Gasteiger partial charge on any atom is 0.233 e. The van der Waals surface area contributed by atoms with Crippen LogP contribution >= 0.6 is 11.3 Å². The van der Waals surface area contributed by atoms with Crippen LogP contribution in [0.5, 0.6) is 11.5 Å². The van der Waals surface area contributed by atoms with Crippen LogP contribution in [0.25, 0.3) is 10.2 Å². The van der Waals surface area contributed by atoms with Crippen LogP contribution in [0, 0.1) is 0 Å². The van der Waals surface area contributed by atoms with Gasteiger partial charge in [0.2, 0.25) is 5.91 Å². The van der Waals surface area contributed by atoms with Gasteiger partial charge in [-0.05, 0) is 42.8 Å². The van der Waals surface area contributed by atoms with E-state index in [0.29, 0.717) is 19.6 Å². The molecule has 1 heterocycles. The number of benzene rings is 2. The first-order chi connectivity index (χ1) is 14.5. The predicted octanol–water partition coefficient (Wildman–Crippen LogP) is 2.81. The molecule has 0 saturated carbocycles. The number of hydrogen-bond donors (Lipinski definition) is 1. The van der Waals surface area contributed by atoms with Crippen molar-refractivity contribution in [1.82, 2.24) is 4.98 Å². The van der Waals surface area contributed by atoms with E-state index in [4.69, 9.17) is 14.5 Å². The number of amides is 1. The Hall–Kier alpha value is -2.64. The summed E-state index contributed by atoms with van der Waals surface area (Å²) in [5.74, 6) is 1.67. The second-order valence-electron chi connectivity index (χ2n) is 7.44. The van der Waals surface area contributed by atoms with E-state index in [0.717, 1.165) is 45.4 Å². The molecule has 0 bridgehead atoms. The van der Waals surface area contributed by atoms with Crippen molar-refractivity contribution in [3.63, 3.8) is 0 Å². The van der Waals surface area contributed by atoms with Gasteiger partial charge in [0, 0.05) is 13.0 Å². The van der Waals surface area contributed by atoms with Gasteiger partial charge in [-0.25, -0.2) is 4.98 Å². The Morgan fingerprint density at radius 2 is 1.87 bits per heavy atom. The molecule has 0 radical (unpaired) electrons. The van der Waals surface area contributed by atoms with Crippen LogP contribution in [0.3, 0.4) is 0 Å². The summed E-state index contributed by atoms with van der Waals surface area (Å²) >= 11 is 1.53. The molecule has 160 valence electrons. The number of carbonyl (C=O) groups is 1. The molecule has 1 N–H and O–H groups in total.